The number of piperidine rings is 1. The molecule has 0 aromatic carbocycles. The minimum Gasteiger partial charge on any atom is -0.375 e. The normalized spacial score (nSPS) is 29.9. The van der Waals surface area contributed by atoms with Crippen LogP contribution in [0.3, 0.4) is 0 Å². The van der Waals surface area contributed by atoms with Crippen molar-refractivity contribution in [2.45, 2.75) is 84.1 Å². The minimum atomic E-state index is 0.428. The van der Waals surface area contributed by atoms with E-state index in [9.17, 15) is 0 Å². The van der Waals surface area contributed by atoms with Crippen LogP contribution in [0.1, 0.15) is 59.8 Å². The van der Waals surface area contributed by atoms with Gasteiger partial charge in [-0.25, -0.2) is 0 Å². The second-order valence-electron chi connectivity index (χ2n) is 7.64. The number of rotatable bonds is 7. The molecule has 1 aliphatic carbocycles. The highest BCUT2D eigenvalue weighted by Gasteiger charge is 2.37. The Morgan fingerprint density at radius 1 is 1.14 bits per heavy atom. The van der Waals surface area contributed by atoms with Crippen molar-refractivity contribution in [2.24, 2.45) is 5.92 Å². The first-order valence-electron chi connectivity index (χ1n) is 9.09. The van der Waals surface area contributed by atoms with Crippen LogP contribution in [0.4, 0.5) is 0 Å². The Labute approximate surface area is 132 Å². The fourth-order valence-electron chi connectivity index (χ4n) is 3.67. The van der Waals surface area contributed by atoms with Crippen molar-refractivity contribution in [2.75, 3.05) is 26.7 Å². The predicted molar refractivity (Wildman–Crippen MR) is 89.7 cm³/mol. The van der Waals surface area contributed by atoms with E-state index in [-0.39, 0.29) is 0 Å². The van der Waals surface area contributed by atoms with Gasteiger partial charge in [0.2, 0.25) is 0 Å². The third kappa shape index (κ3) is 4.94. The maximum atomic E-state index is 6.07. The first kappa shape index (κ1) is 17.2. The number of hydrogen-bond acceptors (Lipinski definition) is 3. The van der Waals surface area contributed by atoms with Gasteiger partial charge in [-0.3, -0.25) is 4.90 Å². The quantitative estimate of drug-likeness (QED) is 0.716. The molecule has 0 N–H and O–H groups in total. The highest BCUT2D eigenvalue weighted by atomic mass is 16.5. The average Bonchev–Trinajstić information content (AvgIpc) is 2.42. The molecule has 124 valence electrons. The topological polar surface area (TPSA) is 15.7 Å². The molecule has 0 spiro atoms. The fourth-order valence-corrected chi connectivity index (χ4v) is 3.67. The zero-order chi connectivity index (χ0) is 15.4. The van der Waals surface area contributed by atoms with E-state index in [0.29, 0.717) is 18.2 Å². The lowest BCUT2D eigenvalue weighted by Gasteiger charge is -2.47. The lowest BCUT2D eigenvalue weighted by molar-refractivity contribution is -0.0915. The zero-order valence-corrected chi connectivity index (χ0v) is 14.8. The van der Waals surface area contributed by atoms with Crippen molar-refractivity contribution in [3.05, 3.63) is 0 Å². The van der Waals surface area contributed by atoms with Crippen LogP contribution < -0.4 is 0 Å². The van der Waals surface area contributed by atoms with Gasteiger partial charge in [0.1, 0.15) is 0 Å². The summed E-state index contributed by atoms with van der Waals surface area (Å²) in [5.41, 5.74) is 0. The molecular formula is C18H36N2O. The van der Waals surface area contributed by atoms with Crippen LogP contribution in [0.15, 0.2) is 0 Å². The van der Waals surface area contributed by atoms with E-state index >= 15 is 0 Å². The van der Waals surface area contributed by atoms with Crippen LogP contribution in [0.25, 0.3) is 0 Å². The molecule has 1 aliphatic heterocycles. The third-order valence-electron chi connectivity index (χ3n) is 5.51. The van der Waals surface area contributed by atoms with Crippen molar-refractivity contribution in [1.82, 2.24) is 9.80 Å². The maximum Gasteiger partial charge on any atom is 0.0608 e. The highest BCUT2D eigenvalue weighted by Crippen LogP contribution is 2.32. The van der Waals surface area contributed by atoms with Gasteiger partial charge in [-0.2, -0.15) is 0 Å². The van der Waals surface area contributed by atoms with Gasteiger partial charge >= 0.3 is 0 Å². The lowest BCUT2D eigenvalue weighted by atomic mass is 9.85. The molecule has 0 amide bonds. The molecule has 0 radical (unpaired) electrons. The first-order valence-corrected chi connectivity index (χ1v) is 9.09. The molecule has 0 bridgehead atoms. The van der Waals surface area contributed by atoms with E-state index in [0.717, 1.165) is 18.4 Å². The maximum absolute atomic E-state index is 6.07. The molecule has 1 heterocycles. The van der Waals surface area contributed by atoms with Gasteiger partial charge in [0.05, 0.1) is 12.2 Å². The molecule has 2 aliphatic rings. The predicted octanol–water partition coefficient (Wildman–Crippen LogP) is 3.38. The summed E-state index contributed by atoms with van der Waals surface area (Å²) in [6.07, 6.45) is 7.31. The van der Waals surface area contributed by atoms with Crippen molar-refractivity contribution in [3.63, 3.8) is 0 Å². The van der Waals surface area contributed by atoms with E-state index in [1.54, 1.807) is 0 Å². The van der Waals surface area contributed by atoms with E-state index in [2.05, 4.69) is 44.5 Å². The Morgan fingerprint density at radius 3 is 2.29 bits per heavy atom. The van der Waals surface area contributed by atoms with E-state index < -0.39 is 0 Å². The zero-order valence-electron chi connectivity index (χ0n) is 14.8. The van der Waals surface area contributed by atoms with Crippen LogP contribution in [0, 0.1) is 5.92 Å². The Morgan fingerprint density at radius 2 is 1.76 bits per heavy atom. The van der Waals surface area contributed by atoms with Gasteiger partial charge in [-0.15, -0.1) is 0 Å². The van der Waals surface area contributed by atoms with E-state index in [1.165, 1.54) is 45.3 Å². The summed E-state index contributed by atoms with van der Waals surface area (Å²) in [6.45, 7) is 13.0. The van der Waals surface area contributed by atoms with E-state index in [4.69, 9.17) is 4.74 Å². The molecule has 21 heavy (non-hydrogen) atoms. The molecule has 3 heteroatoms. The molecule has 2 fully saturated rings. The van der Waals surface area contributed by atoms with Crippen LogP contribution in [-0.2, 0) is 4.74 Å². The van der Waals surface area contributed by atoms with Crippen molar-refractivity contribution in [3.8, 4) is 0 Å². The Kier molecular flexibility index (Phi) is 6.51. The second kappa shape index (κ2) is 7.94. The summed E-state index contributed by atoms with van der Waals surface area (Å²) in [5.74, 6) is 0.901. The molecule has 1 saturated heterocycles. The summed E-state index contributed by atoms with van der Waals surface area (Å²) in [4.78, 5) is 5.22. The number of ether oxygens (including phenoxy) is 1. The van der Waals surface area contributed by atoms with Crippen LogP contribution >= 0.6 is 0 Å². The van der Waals surface area contributed by atoms with Gasteiger partial charge in [0.25, 0.3) is 0 Å². The SMILES string of the molecule is CCC(C)OC1CC(N(CC2CCN(C)CC2)C(C)C)C1. The number of hydrogen-bond donors (Lipinski definition) is 0. The molecule has 1 unspecified atom stereocenters. The van der Waals surface area contributed by atoms with Gasteiger partial charge in [-0.1, -0.05) is 6.92 Å². The molecule has 1 atom stereocenters. The van der Waals surface area contributed by atoms with Gasteiger partial charge in [0.15, 0.2) is 0 Å². The monoisotopic (exact) mass is 296 g/mol. The largest absolute Gasteiger partial charge is 0.375 e. The summed E-state index contributed by atoms with van der Waals surface area (Å²) >= 11 is 0. The van der Waals surface area contributed by atoms with E-state index in [1.807, 2.05) is 0 Å². The Balaban J connectivity index is 1.76. The summed E-state index contributed by atoms with van der Waals surface area (Å²) in [7, 11) is 2.25. The highest BCUT2D eigenvalue weighted by molar-refractivity contribution is 4.91. The smallest absolute Gasteiger partial charge is 0.0608 e. The van der Waals surface area contributed by atoms with Gasteiger partial charge < -0.3 is 9.64 Å². The second-order valence-corrected chi connectivity index (χ2v) is 7.64. The summed E-state index contributed by atoms with van der Waals surface area (Å²) in [5, 5.41) is 0. The van der Waals surface area contributed by atoms with Gasteiger partial charge in [-0.05, 0) is 78.9 Å². The third-order valence-corrected chi connectivity index (χ3v) is 5.51. The molecule has 1 saturated carbocycles. The standard InChI is InChI=1S/C18H36N2O/c1-6-15(4)21-18-11-17(12-18)20(14(2)3)13-16-7-9-19(5)10-8-16/h14-18H,6-13H2,1-5H3. The lowest BCUT2D eigenvalue weighted by Crippen LogP contribution is -2.53. The molecule has 0 aromatic rings. The van der Waals surface area contributed by atoms with Crippen LogP contribution in [0.2, 0.25) is 0 Å². The minimum absolute atomic E-state index is 0.428. The molecule has 0 aromatic heterocycles. The number of nitrogens with zero attached hydrogens (tertiary/aromatic N) is 2. The Bertz CT molecular complexity index is 294. The summed E-state index contributed by atoms with van der Waals surface area (Å²) < 4.78 is 6.07. The fraction of sp³-hybridized carbons (Fsp3) is 1.00. The summed E-state index contributed by atoms with van der Waals surface area (Å²) in [6, 6.07) is 1.43. The molecular weight excluding hydrogens is 260 g/mol. The van der Waals surface area contributed by atoms with Gasteiger partial charge in [0, 0.05) is 18.6 Å². The Hall–Kier alpha value is -0.120. The first-order chi connectivity index (χ1) is 9.99. The molecule has 2 rings (SSSR count). The number of likely N-dealkylation sites (tertiary alicyclic amines) is 1. The van der Waals surface area contributed by atoms with Crippen molar-refractivity contribution < 1.29 is 4.74 Å². The van der Waals surface area contributed by atoms with Crippen LogP contribution in [-0.4, -0.2) is 60.8 Å². The van der Waals surface area contributed by atoms with Crippen LogP contribution in [0.5, 0.6) is 0 Å². The van der Waals surface area contributed by atoms with Crippen molar-refractivity contribution in [1.29, 1.82) is 0 Å². The average molecular weight is 296 g/mol. The molecule has 3 nitrogen and oxygen atoms in total. The van der Waals surface area contributed by atoms with Crippen molar-refractivity contribution >= 4 is 0 Å².